The van der Waals surface area contributed by atoms with Gasteiger partial charge in [-0.05, 0) is 30.4 Å². The van der Waals surface area contributed by atoms with E-state index in [0.717, 1.165) is 50.5 Å². The van der Waals surface area contributed by atoms with Gasteiger partial charge < -0.3 is 14.8 Å². The van der Waals surface area contributed by atoms with Crippen LogP contribution in [0.5, 0.6) is 0 Å². The van der Waals surface area contributed by atoms with Gasteiger partial charge in [0, 0.05) is 25.3 Å². The van der Waals surface area contributed by atoms with Crippen molar-refractivity contribution in [3.63, 3.8) is 0 Å². The summed E-state index contributed by atoms with van der Waals surface area (Å²) >= 11 is 0. The molecule has 25 heavy (non-hydrogen) atoms. The van der Waals surface area contributed by atoms with Crippen LogP contribution in [0.25, 0.3) is 0 Å². The molecule has 0 unspecified atom stereocenters. The largest absolute Gasteiger partial charge is 0.379 e. The summed E-state index contributed by atoms with van der Waals surface area (Å²) in [4.78, 5) is 14.7. The van der Waals surface area contributed by atoms with Gasteiger partial charge in [-0.25, -0.2) is 0 Å². The van der Waals surface area contributed by atoms with Gasteiger partial charge in [0.05, 0.1) is 19.3 Å². The highest BCUT2D eigenvalue weighted by Gasteiger charge is 2.22. The van der Waals surface area contributed by atoms with Crippen molar-refractivity contribution >= 4 is 11.6 Å². The van der Waals surface area contributed by atoms with Crippen molar-refractivity contribution in [1.82, 2.24) is 4.90 Å². The average molecular weight is 346 g/mol. The summed E-state index contributed by atoms with van der Waals surface area (Å²) in [6, 6.07) is 8.03. The second kappa shape index (κ2) is 9.32. The maximum atomic E-state index is 12.3. The molecule has 1 amide bonds. The molecule has 5 nitrogen and oxygen atoms in total. The Hall–Kier alpha value is -1.43. The molecule has 1 N–H and O–H groups in total. The van der Waals surface area contributed by atoms with E-state index in [0.29, 0.717) is 5.92 Å². The summed E-state index contributed by atoms with van der Waals surface area (Å²) in [6.45, 7) is 6.63. The van der Waals surface area contributed by atoms with Gasteiger partial charge in [-0.15, -0.1) is 0 Å². The van der Waals surface area contributed by atoms with Crippen molar-refractivity contribution in [1.29, 1.82) is 0 Å². The van der Waals surface area contributed by atoms with E-state index in [1.54, 1.807) is 0 Å². The number of amides is 1. The number of nitrogens with zero attached hydrogens (tertiary/aromatic N) is 1. The second-order valence-electron chi connectivity index (χ2n) is 7.21. The van der Waals surface area contributed by atoms with Gasteiger partial charge in [-0.2, -0.15) is 0 Å². The normalized spacial score (nSPS) is 24.8. The smallest absolute Gasteiger partial charge is 0.250 e. The maximum Gasteiger partial charge on any atom is 0.250 e. The number of carbonyl (C=O) groups is 1. The molecule has 1 aliphatic carbocycles. The molecule has 0 bridgehead atoms. The minimum atomic E-state index is -0.0628. The number of benzene rings is 1. The van der Waals surface area contributed by atoms with Crippen LogP contribution in [0.3, 0.4) is 0 Å². The van der Waals surface area contributed by atoms with E-state index >= 15 is 0 Å². The lowest BCUT2D eigenvalue weighted by atomic mass is 9.88. The van der Waals surface area contributed by atoms with Gasteiger partial charge in [0.1, 0.15) is 6.61 Å². The van der Waals surface area contributed by atoms with Crippen LogP contribution in [-0.2, 0) is 20.8 Å². The molecule has 2 fully saturated rings. The van der Waals surface area contributed by atoms with Crippen LogP contribution in [0, 0.1) is 5.92 Å². The second-order valence-corrected chi connectivity index (χ2v) is 7.21. The lowest BCUT2D eigenvalue weighted by molar-refractivity contribution is -0.124. The summed E-state index contributed by atoms with van der Waals surface area (Å²) in [7, 11) is 0. The maximum absolute atomic E-state index is 12.3. The third kappa shape index (κ3) is 5.53. The van der Waals surface area contributed by atoms with E-state index in [1.165, 1.54) is 19.3 Å². The molecule has 0 aromatic heterocycles. The van der Waals surface area contributed by atoms with Crippen LogP contribution in [0.4, 0.5) is 5.69 Å². The van der Waals surface area contributed by atoms with E-state index in [9.17, 15) is 4.79 Å². The molecule has 2 atom stereocenters. The monoisotopic (exact) mass is 346 g/mol. The van der Waals surface area contributed by atoms with Gasteiger partial charge in [0.25, 0.3) is 0 Å². The van der Waals surface area contributed by atoms with Crippen LogP contribution < -0.4 is 5.32 Å². The predicted molar refractivity (Wildman–Crippen MR) is 98.5 cm³/mol. The molecule has 1 heterocycles. The molecular formula is C20H30N2O3. The van der Waals surface area contributed by atoms with Gasteiger partial charge in [-0.1, -0.05) is 38.0 Å². The van der Waals surface area contributed by atoms with Gasteiger partial charge in [0.15, 0.2) is 0 Å². The van der Waals surface area contributed by atoms with Crippen LogP contribution in [0.2, 0.25) is 0 Å². The predicted octanol–water partition coefficient (Wildman–Crippen LogP) is 3.05. The molecular weight excluding hydrogens is 316 g/mol. The molecule has 1 aromatic carbocycles. The number of hydrogen-bond acceptors (Lipinski definition) is 4. The summed E-state index contributed by atoms with van der Waals surface area (Å²) in [6.07, 6.45) is 4.99. The Morgan fingerprint density at radius 2 is 2.00 bits per heavy atom. The highest BCUT2D eigenvalue weighted by Crippen LogP contribution is 2.26. The topological polar surface area (TPSA) is 50.8 Å². The van der Waals surface area contributed by atoms with Crippen molar-refractivity contribution < 1.29 is 14.3 Å². The van der Waals surface area contributed by atoms with E-state index < -0.39 is 0 Å². The molecule has 0 radical (unpaired) electrons. The number of morpholine rings is 1. The number of rotatable bonds is 6. The van der Waals surface area contributed by atoms with Gasteiger partial charge in [0.2, 0.25) is 5.91 Å². The van der Waals surface area contributed by atoms with Crippen molar-refractivity contribution in [2.75, 3.05) is 38.2 Å². The molecule has 1 aromatic rings. The highest BCUT2D eigenvalue weighted by molar-refractivity contribution is 5.92. The standard InChI is InChI=1S/C20H30N2O3/c1-16-6-2-5-9-19(16)25-15-20(23)21-18-8-4-3-7-17(18)14-22-10-12-24-13-11-22/h3-4,7-8,16,19H,2,5-6,9-15H2,1H3,(H,21,23)/t16-,19-/m1/s1. The minimum absolute atomic E-state index is 0.0628. The fourth-order valence-corrected chi connectivity index (χ4v) is 3.68. The van der Waals surface area contributed by atoms with Crippen LogP contribution >= 0.6 is 0 Å². The lowest BCUT2D eigenvalue weighted by Gasteiger charge is -2.28. The Morgan fingerprint density at radius 1 is 1.24 bits per heavy atom. The number of carbonyl (C=O) groups excluding carboxylic acids is 1. The summed E-state index contributed by atoms with van der Waals surface area (Å²) in [5.74, 6) is 0.488. The zero-order valence-corrected chi connectivity index (χ0v) is 15.2. The fourth-order valence-electron chi connectivity index (χ4n) is 3.68. The Labute approximate surface area is 150 Å². The molecule has 1 saturated carbocycles. The lowest BCUT2D eigenvalue weighted by Crippen LogP contribution is -2.36. The first kappa shape index (κ1) is 18.4. The van der Waals surface area contributed by atoms with Crippen molar-refractivity contribution in [2.45, 2.75) is 45.3 Å². The van der Waals surface area contributed by atoms with E-state index in [2.05, 4.69) is 23.2 Å². The van der Waals surface area contributed by atoms with E-state index in [1.807, 2.05) is 18.2 Å². The first-order valence-corrected chi connectivity index (χ1v) is 9.52. The first-order valence-electron chi connectivity index (χ1n) is 9.52. The SMILES string of the molecule is C[C@@H]1CCCC[C@H]1OCC(=O)Nc1ccccc1CN1CCOCC1. The van der Waals surface area contributed by atoms with E-state index in [-0.39, 0.29) is 18.6 Å². The molecule has 0 spiro atoms. The molecule has 3 rings (SSSR count). The highest BCUT2D eigenvalue weighted by atomic mass is 16.5. The zero-order valence-electron chi connectivity index (χ0n) is 15.2. The molecule has 5 heteroatoms. The third-order valence-electron chi connectivity index (χ3n) is 5.25. The Bertz CT molecular complexity index is 558. The Balaban J connectivity index is 1.52. The summed E-state index contributed by atoms with van der Waals surface area (Å²) in [5.41, 5.74) is 2.03. The van der Waals surface area contributed by atoms with Crippen LogP contribution in [-0.4, -0.2) is 49.8 Å². The number of hydrogen-bond donors (Lipinski definition) is 1. The van der Waals surface area contributed by atoms with Gasteiger partial charge in [-0.3, -0.25) is 9.69 Å². The van der Waals surface area contributed by atoms with E-state index in [4.69, 9.17) is 9.47 Å². The Morgan fingerprint density at radius 3 is 2.80 bits per heavy atom. The molecule has 1 aliphatic heterocycles. The first-order chi connectivity index (χ1) is 12.2. The average Bonchev–Trinajstić information content (AvgIpc) is 2.64. The van der Waals surface area contributed by atoms with Gasteiger partial charge >= 0.3 is 0 Å². The van der Waals surface area contributed by atoms with Crippen molar-refractivity contribution in [2.24, 2.45) is 5.92 Å². The Kier molecular flexibility index (Phi) is 6.84. The molecule has 1 saturated heterocycles. The number of para-hydroxylation sites is 1. The number of nitrogens with one attached hydrogen (secondary N) is 1. The summed E-state index contributed by atoms with van der Waals surface area (Å²) < 4.78 is 11.3. The summed E-state index contributed by atoms with van der Waals surface area (Å²) in [5, 5.41) is 3.03. The third-order valence-corrected chi connectivity index (χ3v) is 5.25. The van der Waals surface area contributed by atoms with Crippen LogP contribution in [0.15, 0.2) is 24.3 Å². The zero-order chi connectivity index (χ0) is 17.5. The fraction of sp³-hybridized carbons (Fsp3) is 0.650. The van der Waals surface area contributed by atoms with Crippen molar-refractivity contribution in [3.05, 3.63) is 29.8 Å². The van der Waals surface area contributed by atoms with Crippen molar-refractivity contribution in [3.8, 4) is 0 Å². The molecule has 2 aliphatic rings. The number of anilines is 1. The minimum Gasteiger partial charge on any atom is -0.379 e. The quantitative estimate of drug-likeness (QED) is 0.860. The molecule has 138 valence electrons. The number of ether oxygens (including phenoxy) is 2. The van der Waals surface area contributed by atoms with Crippen LogP contribution in [0.1, 0.15) is 38.2 Å².